The van der Waals surface area contributed by atoms with Crippen molar-refractivity contribution in [1.82, 2.24) is 10.2 Å². The summed E-state index contributed by atoms with van der Waals surface area (Å²) in [5.74, 6) is 0.765. The third-order valence-electron chi connectivity index (χ3n) is 4.29. The number of thiophene rings is 1. The molecule has 3 unspecified atom stereocenters. The van der Waals surface area contributed by atoms with Crippen LogP contribution in [0.5, 0.6) is 0 Å². The molecular weight excluding hydrogens is 240 g/mol. The summed E-state index contributed by atoms with van der Waals surface area (Å²) in [6.07, 6.45) is 2.53. The van der Waals surface area contributed by atoms with Crippen molar-refractivity contribution in [3.63, 3.8) is 0 Å². The molecule has 0 bridgehead atoms. The Morgan fingerprint density at radius 2 is 2.33 bits per heavy atom. The molecule has 2 heterocycles. The van der Waals surface area contributed by atoms with Crippen molar-refractivity contribution >= 4 is 11.3 Å². The average Bonchev–Trinajstić information content (AvgIpc) is 2.81. The number of nitrogens with zero attached hydrogens (tertiary/aromatic N) is 1. The Bertz CT molecular complexity index is 336. The highest BCUT2D eigenvalue weighted by Gasteiger charge is 2.25. The molecule has 0 amide bonds. The Kier molecular flexibility index (Phi) is 5.22. The smallest absolute Gasteiger partial charge is 0.0413 e. The number of hydrogen-bond acceptors (Lipinski definition) is 3. The number of rotatable bonds is 4. The molecule has 1 aliphatic heterocycles. The van der Waals surface area contributed by atoms with E-state index < -0.39 is 0 Å². The molecule has 1 N–H and O–H groups in total. The lowest BCUT2D eigenvalue weighted by Crippen LogP contribution is -2.42. The van der Waals surface area contributed by atoms with Gasteiger partial charge in [0.15, 0.2) is 0 Å². The van der Waals surface area contributed by atoms with Crippen molar-refractivity contribution in [3.8, 4) is 0 Å². The second kappa shape index (κ2) is 6.69. The molecule has 2 rings (SSSR count). The summed E-state index contributed by atoms with van der Waals surface area (Å²) in [6.45, 7) is 10.6. The van der Waals surface area contributed by atoms with Gasteiger partial charge in [-0.05, 0) is 37.3 Å². The molecule has 1 saturated heterocycles. The molecule has 3 heteroatoms. The van der Waals surface area contributed by atoms with E-state index >= 15 is 0 Å². The summed E-state index contributed by atoms with van der Waals surface area (Å²) in [4.78, 5) is 4.16. The Balaban J connectivity index is 2.02. The second-order valence-electron chi connectivity index (χ2n) is 5.49. The van der Waals surface area contributed by atoms with Crippen molar-refractivity contribution in [2.45, 2.75) is 45.7 Å². The zero-order valence-corrected chi connectivity index (χ0v) is 12.7. The van der Waals surface area contributed by atoms with E-state index in [1.54, 1.807) is 0 Å². The van der Waals surface area contributed by atoms with Gasteiger partial charge in [0.1, 0.15) is 0 Å². The fourth-order valence-electron chi connectivity index (χ4n) is 2.70. The van der Waals surface area contributed by atoms with Gasteiger partial charge in [-0.3, -0.25) is 4.90 Å². The van der Waals surface area contributed by atoms with Crippen LogP contribution in [0, 0.1) is 5.92 Å². The molecule has 102 valence electrons. The van der Waals surface area contributed by atoms with Gasteiger partial charge in [0, 0.05) is 30.1 Å². The van der Waals surface area contributed by atoms with Crippen molar-refractivity contribution in [2.75, 3.05) is 19.6 Å². The molecule has 3 atom stereocenters. The van der Waals surface area contributed by atoms with E-state index in [2.05, 4.69) is 48.5 Å². The third kappa shape index (κ3) is 3.34. The van der Waals surface area contributed by atoms with Crippen molar-refractivity contribution in [1.29, 1.82) is 0 Å². The highest BCUT2D eigenvalue weighted by atomic mass is 32.1. The van der Waals surface area contributed by atoms with Gasteiger partial charge in [-0.15, -0.1) is 11.3 Å². The van der Waals surface area contributed by atoms with Crippen LogP contribution in [0.3, 0.4) is 0 Å². The highest BCUT2D eigenvalue weighted by molar-refractivity contribution is 7.10. The molecule has 0 aliphatic carbocycles. The minimum atomic E-state index is 0.566. The minimum Gasteiger partial charge on any atom is -0.312 e. The lowest BCUT2D eigenvalue weighted by molar-refractivity contribution is 0.190. The summed E-state index contributed by atoms with van der Waals surface area (Å²) in [6, 6.07) is 5.65. The maximum absolute atomic E-state index is 3.72. The first-order valence-corrected chi connectivity index (χ1v) is 8.11. The maximum Gasteiger partial charge on any atom is 0.0413 e. The Hall–Kier alpha value is -0.380. The van der Waals surface area contributed by atoms with Crippen LogP contribution in [0.1, 0.15) is 44.5 Å². The van der Waals surface area contributed by atoms with E-state index in [0.717, 1.165) is 5.92 Å². The van der Waals surface area contributed by atoms with E-state index in [9.17, 15) is 0 Å². The standard InChI is InChI=1S/C15H26N2S/c1-4-12(2)14-11-17(9-6-8-16-14)13(3)15-7-5-10-18-15/h5,7,10,12-14,16H,4,6,8-9,11H2,1-3H3. The van der Waals surface area contributed by atoms with E-state index in [4.69, 9.17) is 0 Å². The molecule has 1 aromatic heterocycles. The van der Waals surface area contributed by atoms with Gasteiger partial charge in [-0.2, -0.15) is 0 Å². The molecule has 18 heavy (non-hydrogen) atoms. The van der Waals surface area contributed by atoms with Gasteiger partial charge in [0.25, 0.3) is 0 Å². The van der Waals surface area contributed by atoms with Gasteiger partial charge in [-0.25, -0.2) is 0 Å². The Morgan fingerprint density at radius 3 is 3.00 bits per heavy atom. The predicted octanol–water partition coefficient (Wildman–Crippen LogP) is 3.52. The van der Waals surface area contributed by atoms with Crippen molar-refractivity contribution in [3.05, 3.63) is 22.4 Å². The number of nitrogens with one attached hydrogen (secondary N) is 1. The van der Waals surface area contributed by atoms with Gasteiger partial charge < -0.3 is 5.32 Å². The first-order chi connectivity index (χ1) is 8.72. The van der Waals surface area contributed by atoms with Gasteiger partial charge in [-0.1, -0.05) is 26.3 Å². The molecule has 0 radical (unpaired) electrons. The van der Waals surface area contributed by atoms with Crippen LogP contribution in [-0.2, 0) is 0 Å². The molecule has 1 aliphatic rings. The van der Waals surface area contributed by atoms with E-state index in [-0.39, 0.29) is 0 Å². The fourth-order valence-corrected chi connectivity index (χ4v) is 3.52. The van der Waals surface area contributed by atoms with Crippen molar-refractivity contribution in [2.24, 2.45) is 5.92 Å². The van der Waals surface area contributed by atoms with E-state index in [1.807, 2.05) is 11.3 Å². The molecule has 0 spiro atoms. The monoisotopic (exact) mass is 266 g/mol. The predicted molar refractivity (Wildman–Crippen MR) is 80.2 cm³/mol. The van der Waals surface area contributed by atoms with Gasteiger partial charge in [0.05, 0.1) is 0 Å². The van der Waals surface area contributed by atoms with Crippen LogP contribution in [0.25, 0.3) is 0 Å². The van der Waals surface area contributed by atoms with Crippen LogP contribution in [0.15, 0.2) is 17.5 Å². The second-order valence-corrected chi connectivity index (χ2v) is 6.47. The van der Waals surface area contributed by atoms with Crippen molar-refractivity contribution < 1.29 is 0 Å². The molecule has 0 aromatic carbocycles. The lowest BCUT2D eigenvalue weighted by atomic mass is 9.98. The average molecular weight is 266 g/mol. The molecule has 0 saturated carbocycles. The summed E-state index contributed by atoms with van der Waals surface area (Å²) in [5.41, 5.74) is 0. The Labute approximate surface area is 115 Å². The maximum atomic E-state index is 3.72. The lowest BCUT2D eigenvalue weighted by Gasteiger charge is -2.31. The quantitative estimate of drug-likeness (QED) is 0.897. The SMILES string of the molecule is CCC(C)C1CN(C(C)c2cccs2)CCCN1. The normalized spacial score (nSPS) is 25.6. The zero-order chi connectivity index (χ0) is 13.0. The first-order valence-electron chi connectivity index (χ1n) is 7.23. The van der Waals surface area contributed by atoms with Crippen LogP contribution in [0.4, 0.5) is 0 Å². The molecule has 1 aromatic rings. The largest absolute Gasteiger partial charge is 0.312 e. The minimum absolute atomic E-state index is 0.566. The van der Waals surface area contributed by atoms with Crippen LogP contribution in [-0.4, -0.2) is 30.6 Å². The zero-order valence-electron chi connectivity index (χ0n) is 11.9. The third-order valence-corrected chi connectivity index (χ3v) is 5.34. The van der Waals surface area contributed by atoms with Crippen LogP contribution < -0.4 is 5.32 Å². The van der Waals surface area contributed by atoms with E-state index in [1.165, 1.54) is 37.4 Å². The van der Waals surface area contributed by atoms with Crippen LogP contribution >= 0.6 is 11.3 Å². The highest BCUT2D eigenvalue weighted by Crippen LogP contribution is 2.26. The first kappa shape index (κ1) is 14.0. The summed E-state index contributed by atoms with van der Waals surface area (Å²) < 4.78 is 0. The number of hydrogen-bond donors (Lipinski definition) is 1. The van der Waals surface area contributed by atoms with Crippen LogP contribution in [0.2, 0.25) is 0 Å². The van der Waals surface area contributed by atoms with Gasteiger partial charge in [0.2, 0.25) is 0 Å². The van der Waals surface area contributed by atoms with Gasteiger partial charge >= 0.3 is 0 Å². The topological polar surface area (TPSA) is 15.3 Å². The summed E-state index contributed by atoms with van der Waals surface area (Å²) in [7, 11) is 0. The summed E-state index contributed by atoms with van der Waals surface area (Å²) >= 11 is 1.88. The molecule has 2 nitrogen and oxygen atoms in total. The fraction of sp³-hybridized carbons (Fsp3) is 0.733. The molecule has 1 fully saturated rings. The Morgan fingerprint density at radius 1 is 1.50 bits per heavy atom. The van der Waals surface area contributed by atoms with E-state index in [0.29, 0.717) is 12.1 Å². The summed E-state index contributed by atoms with van der Waals surface area (Å²) in [5, 5.41) is 5.91. The molecular formula is C15H26N2S.